The predicted molar refractivity (Wildman–Crippen MR) is 82.2 cm³/mol. The van der Waals surface area contributed by atoms with Gasteiger partial charge in [0.25, 0.3) is 5.91 Å². The van der Waals surface area contributed by atoms with Gasteiger partial charge < -0.3 is 4.74 Å². The van der Waals surface area contributed by atoms with Crippen molar-refractivity contribution in [1.82, 2.24) is 5.43 Å². The lowest BCUT2D eigenvalue weighted by atomic mass is 10.0. The van der Waals surface area contributed by atoms with Gasteiger partial charge >= 0.3 is 0 Å². The molecular formula is C16H24N2O2. The first kappa shape index (κ1) is 16.2. The molecule has 0 atom stereocenters. The number of hydrogen-bond acceptors (Lipinski definition) is 3. The van der Waals surface area contributed by atoms with Crippen LogP contribution in [0, 0.1) is 12.8 Å². The van der Waals surface area contributed by atoms with Crippen molar-refractivity contribution < 1.29 is 9.53 Å². The fraction of sp³-hybridized carbons (Fsp3) is 0.500. The van der Waals surface area contributed by atoms with Gasteiger partial charge in [0.1, 0.15) is 5.75 Å². The maximum absolute atomic E-state index is 11.6. The van der Waals surface area contributed by atoms with Crippen molar-refractivity contribution in [1.29, 1.82) is 0 Å². The number of amides is 1. The quantitative estimate of drug-likeness (QED) is 0.640. The molecule has 1 aromatic carbocycles. The second-order valence-electron chi connectivity index (χ2n) is 5.54. The number of aryl methyl sites for hydroxylation is 1. The van der Waals surface area contributed by atoms with E-state index in [-0.39, 0.29) is 12.5 Å². The van der Waals surface area contributed by atoms with Crippen LogP contribution < -0.4 is 10.2 Å². The zero-order valence-corrected chi connectivity index (χ0v) is 12.9. The summed E-state index contributed by atoms with van der Waals surface area (Å²) in [7, 11) is 0. The molecule has 0 saturated carbocycles. The molecule has 0 heterocycles. The lowest BCUT2D eigenvalue weighted by Crippen LogP contribution is -2.25. The van der Waals surface area contributed by atoms with Crippen LogP contribution in [0.1, 0.15) is 44.7 Å². The van der Waals surface area contributed by atoms with Crippen molar-refractivity contribution in [3.05, 3.63) is 29.3 Å². The van der Waals surface area contributed by atoms with Crippen molar-refractivity contribution in [2.45, 2.75) is 40.5 Å². The van der Waals surface area contributed by atoms with Gasteiger partial charge in [0.2, 0.25) is 0 Å². The van der Waals surface area contributed by atoms with Crippen LogP contribution in [0.5, 0.6) is 5.75 Å². The first-order valence-electron chi connectivity index (χ1n) is 6.95. The smallest absolute Gasteiger partial charge is 0.277 e. The van der Waals surface area contributed by atoms with E-state index < -0.39 is 0 Å². The topological polar surface area (TPSA) is 50.7 Å². The van der Waals surface area contributed by atoms with Crippen LogP contribution in [0.3, 0.4) is 0 Å². The van der Waals surface area contributed by atoms with Crippen LogP contribution in [0.2, 0.25) is 0 Å². The molecule has 1 amide bonds. The Morgan fingerprint density at radius 2 is 2.05 bits per heavy atom. The second kappa shape index (κ2) is 7.68. The summed E-state index contributed by atoms with van der Waals surface area (Å²) in [4.78, 5) is 11.6. The standard InChI is InChI=1S/C16H24N2O2/c1-11(2)9-17-18-16(19)10-20-15-8-13(5)6-7-14(15)12(3)4/h6-9,11-12H,10H2,1-5H3,(H,18,19). The van der Waals surface area contributed by atoms with E-state index in [0.717, 1.165) is 16.9 Å². The molecule has 0 aliphatic heterocycles. The van der Waals surface area contributed by atoms with Gasteiger partial charge in [-0.15, -0.1) is 0 Å². The Morgan fingerprint density at radius 1 is 1.35 bits per heavy atom. The number of nitrogens with zero attached hydrogens (tertiary/aromatic N) is 1. The maximum Gasteiger partial charge on any atom is 0.277 e. The molecule has 0 unspecified atom stereocenters. The summed E-state index contributed by atoms with van der Waals surface area (Å²) in [6.45, 7) is 10.2. The molecule has 20 heavy (non-hydrogen) atoms. The minimum absolute atomic E-state index is 0.0292. The molecule has 0 radical (unpaired) electrons. The van der Waals surface area contributed by atoms with Gasteiger partial charge in [-0.05, 0) is 36.0 Å². The Morgan fingerprint density at radius 3 is 2.65 bits per heavy atom. The number of carbonyl (C=O) groups is 1. The zero-order valence-electron chi connectivity index (χ0n) is 12.9. The average Bonchev–Trinajstić information content (AvgIpc) is 2.35. The van der Waals surface area contributed by atoms with Crippen LogP contribution in [0.15, 0.2) is 23.3 Å². The minimum atomic E-state index is -0.252. The SMILES string of the molecule is Cc1ccc(C(C)C)c(OCC(=O)NN=CC(C)C)c1. The molecule has 0 aromatic heterocycles. The summed E-state index contributed by atoms with van der Waals surface area (Å²) in [5.41, 5.74) is 4.67. The highest BCUT2D eigenvalue weighted by molar-refractivity contribution is 5.78. The molecule has 0 bridgehead atoms. The van der Waals surface area contributed by atoms with Crippen LogP contribution >= 0.6 is 0 Å². The Balaban J connectivity index is 2.61. The molecule has 110 valence electrons. The average molecular weight is 276 g/mol. The molecule has 0 saturated heterocycles. The van der Waals surface area contributed by atoms with Gasteiger partial charge in [-0.2, -0.15) is 5.10 Å². The molecule has 4 heteroatoms. The summed E-state index contributed by atoms with van der Waals surface area (Å²) in [6, 6.07) is 6.05. The molecule has 0 aliphatic carbocycles. The number of nitrogens with one attached hydrogen (secondary N) is 1. The van der Waals surface area contributed by atoms with Crippen LogP contribution in [-0.4, -0.2) is 18.7 Å². The Bertz CT molecular complexity index is 479. The van der Waals surface area contributed by atoms with Gasteiger partial charge in [0.05, 0.1) is 0 Å². The highest BCUT2D eigenvalue weighted by Gasteiger charge is 2.09. The van der Waals surface area contributed by atoms with E-state index >= 15 is 0 Å². The predicted octanol–water partition coefficient (Wildman–Crippen LogP) is 3.26. The third-order valence-electron chi connectivity index (χ3n) is 2.71. The Labute approximate surface area is 121 Å². The molecule has 4 nitrogen and oxygen atoms in total. The van der Waals surface area contributed by atoms with E-state index in [1.807, 2.05) is 32.9 Å². The van der Waals surface area contributed by atoms with Crippen molar-refractivity contribution in [2.75, 3.05) is 6.61 Å². The van der Waals surface area contributed by atoms with Gasteiger partial charge in [0.15, 0.2) is 6.61 Å². The molecule has 1 N–H and O–H groups in total. The molecular weight excluding hydrogens is 252 g/mol. The van der Waals surface area contributed by atoms with Gasteiger partial charge in [-0.1, -0.05) is 39.8 Å². The fourth-order valence-electron chi connectivity index (χ4n) is 1.68. The van der Waals surface area contributed by atoms with E-state index in [9.17, 15) is 4.79 Å². The van der Waals surface area contributed by atoms with Crippen molar-refractivity contribution in [3.63, 3.8) is 0 Å². The first-order chi connectivity index (χ1) is 9.40. The van der Waals surface area contributed by atoms with E-state index in [2.05, 4.69) is 30.4 Å². The van der Waals surface area contributed by atoms with Gasteiger partial charge in [-0.25, -0.2) is 5.43 Å². The second-order valence-corrected chi connectivity index (χ2v) is 5.54. The zero-order chi connectivity index (χ0) is 15.1. The van der Waals surface area contributed by atoms with Crippen LogP contribution in [-0.2, 0) is 4.79 Å². The lowest BCUT2D eigenvalue weighted by Gasteiger charge is -2.14. The third-order valence-corrected chi connectivity index (χ3v) is 2.71. The number of carbonyl (C=O) groups excluding carboxylic acids is 1. The summed E-state index contributed by atoms with van der Waals surface area (Å²) in [5.74, 6) is 1.18. The summed E-state index contributed by atoms with van der Waals surface area (Å²) in [6.07, 6.45) is 1.68. The minimum Gasteiger partial charge on any atom is -0.483 e. The first-order valence-corrected chi connectivity index (χ1v) is 6.95. The molecule has 0 fully saturated rings. The van der Waals surface area contributed by atoms with Gasteiger partial charge in [-0.3, -0.25) is 4.79 Å². The van der Waals surface area contributed by atoms with Gasteiger partial charge in [0, 0.05) is 6.21 Å². The summed E-state index contributed by atoms with van der Waals surface area (Å²) >= 11 is 0. The van der Waals surface area contributed by atoms with Crippen molar-refractivity contribution in [2.24, 2.45) is 11.0 Å². The highest BCUT2D eigenvalue weighted by Crippen LogP contribution is 2.27. The fourth-order valence-corrected chi connectivity index (χ4v) is 1.68. The lowest BCUT2D eigenvalue weighted by molar-refractivity contribution is -0.123. The Kier molecular flexibility index (Phi) is 6.22. The number of rotatable bonds is 6. The summed E-state index contributed by atoms with van der Waals surface area (Å²) in [5, 5.41) is 3.85. The number of hydrazone groups is 1. The van der Waals surface area contributed by atoms with Crippen molar-refractivity contribution >= 4 is 12.1 Å². The number of ether oxygens (including phenoxy) is 1. The highest BCUT2D eigenvalue weighted by atomic mass is 16.5. The molecule has 1 rings (SSSR count). The monoisotopic (exact) mass is 276 g/mol. The van der Waals surface area contributed by atoms with E-state index in [1.54, 1.807) is 6.21 Å². The molecule has 1 aromatic rings. The normalized spacial score (nSPS) is 11.3. The number of benzene rings is 1. The third kappa shape index (κ3) is 5.43. The van der Waals surface area contributed by atoms with E-state index in [1.165, 1.54) is 0 Å². The molecule has 0 aliphatic rings. The van der Waals surface area contributed by atoms with Crippen molar-refractivity contribution in [3.8, 4) is 5.75 Å². The summed E-state index contributed by atoms with van der Waals surface area (Å²) < 4.78 is 5.61. The van der Waals surface area contributed by atoms with Crippen LogP contribution in [0.4, 0.5) is 0 Å². The Hall–Kier alpha value is -1.84. The molecule has 0 spiro atoms. The van der Waals surface area contributed by atoms with Crippen LogP contribution in [0.25, 0.3) is 0 Å². The van der Waals surface area contributed by atoms with E-state index in [0.29, 0.717) is 11.8 Å². The largest absolute Gasteiger partial charge is 0.483 e. The van der Waals surface area contributed by atoms with E-state index in [4.69, 9.17) is 4.74 Å². The number of hydrogen-bond donors (Lipinski definition) is 1. The maximum atomic E-state index is 11.6.